The predicted molar refractivity (Wildman–Crippen MR) is 87.1 cm³/mol. The Bertz CT molecular complexity index is 429. The van der Waals surface area contributed by atoms with Crippen molar-refractivity contribution in [3.05, 3.63) is 35.4 Å². The number of benzene rings is 1. The van der Waals surface area contributed by atoms with E-state index in [1.807, 2.05) is 0 Å². The summed E-state index contributed by atoms with van der Waals surface area (Å²) in [6.45, 7) is 2.93. The van der Waals surface area contributed by atoms with Gasteiger partial charge in [-0.3, -0.25) is 4.79 Å². The van der Waals surface area contributed by atoms with Crippen LogP contribution in [0.25, 0.3) is 0 Å². The number of alkyl halides is 1. The second kappa shape index (κ2) is 7.82. The van der Waals surface area contributed by atoms with Gasteiger partial charge in [0.05, 0.1) is 0 Å². The quantitative estimate of drug-likeness (QED) is 0.784. The van der Waals surface area contributed by atoms with E-state index in [1.165, 1.54) is 30.4 Å². The number of hydrogen-bond donors (Lipinski definition) is 1. The van der Waals surface area contributed by atoms with E-state index in [4.69, 9.17) is 0 Å². The first-order chi connectivity index (χ1) is 9.69. The van der Waals surface area contributed by atoms with Gasteiger partial charge in [0.2, 0.25) is 5.91 Å². The number of hydrogen-bond acceptors (Lipinski definition) is 1. The molecular formula is C17H24BrNO. The van der Waals surface area contributed by atoms with Gasteiger partial charge in [0.25, 0.3) is 0 Å². The molecule has 0 saturated heterocycles. The molecule has 1 aromatic rings. The highest BCUT2D eigenvalue weighted by Gasteiger charge is 2.26. The van der Waals surface area contributed by atoms with Crippen molar-refractivity contribution < 1.29 is 4.79 Å². The number of rotatable bonds is 6. The largest absolute Gasteiger partial charge is 0.356 e. The van der Waals surface area contributed by atoms with Gasteiger partial charge in [-0.1, -0.05) is 52.2 Å². The van der Waals surface area contributed by atoms with Crippen LogP contribution in [0.4, 0.5) is 0 Å². The highest BCUT2D eigenvalue weighted by atomic mass is 79.9. The van der Waals surface area contributed by atoms with Crippen LogP contribution in [0, 0.1) is 18.8 Å². The molecule has 0 bridgehead atoms. The summed E-state index contributed by atoms with van der Waals surface area (Å²) in [4.78, 5) is 11.9. The van der Waals surface area contributed by atoms with Crippen LogP contribution in [0.15, 0.2) is 24.3 Å². The molecule has 0 aliphatic heterocycles. The van der Waals surface area contributed by atoms with Crippen LogP contribution in [0.1, 0.15) is 36.8 Å². The Morgan fingerprint density at radius 1 is 1.25 bits per heavy atom. The van der Waals surface area contributed by atoms with E-state index in [1.54, 1.807) is 0 Å². The van der Waals surface area contributed by atoms with Crippen molar-refractivity contribution in [2.45, 2.75) is 39.0 Å². The van der Waals surface area contributed by atoms with Gasteiger partial charge < -0.3 is 5.32 Å². The van der Waals surface area contributed by atoms with E-state index >= 15 is 0 Å². The fourth-order valence-corrected chi connectivity index (χ4v) is 3.78. The zero-order chi connectivity index (χ0) is 14.4. The maximum absolute atomic E-state index is 11.9. The fraction of sp³-hybridized carbons (Fsp3) is 0.588. The van der Waals surface area contributed by atoms with Crippen molar-refractivity contribution in [3.63, 3.8) is 0 Å². The highest BCUT2D eigenvalue weighted by molar-refractivity contribution is 9.09. The van der Waals surface area contributed by atoms with Crippen molar-refractivity contribution >= 4 is 21.8 Å². The van der Waals surface area contributed by atoms with Crippen LogP contribution in [0.3, 0.4) is 0 Å². The molecule has 1 aromatic carbocycles. The minimum Gasteiger partial charge on any atom is -0.356 e. The maximum atomic E-state index is 11.9. The molecule has 20 heavy (non-hydrogen) atoms. The monoisotopic (exact) mass is 337 g/mol. The topological polar surface area (TPSA) is 29.1 Å². The Morgan fingerprint density at radius 2 is 1.95 bits per heavy atom. The molecule has 2 nitrogen and oxygen atoms in total. The number of aryl methyl sites for hydroxylation is 2. The summed E-state index contributed by atoms with van der Waals surface area (Å²) in [6.07, 6.45) is 5.29. The van der Waals surface area contributed by atoms with Crippen LogP contribution >= 0.6 is 15.9 Å². The van der Waals surface area contributed by atoms with Crippen LogP contribution in [-0.4, -0.2) is 17.8 Å². The summed E-state index contributed by atoms with van der Waals surface area (Å²) < 4.78 is 0. The third kappa shape index (κ3) is 4.62. The number of nitrogens with one attached hydrogen (secondary N) is 1. The Kier molecular flexibility index (Phi) is 6.08. The smallest absolute Gasteiger partial charge is 0.220 e. The first kappa shape index (κ1) is 15.6. The molecule has 1 fully saturated rings. The first-order valence-electron chi connectivity index (χ1n) is 7.57. The van der Waals surface area contributed by atoms with Gasteiger partial charge in [-0.2, -0.15) is 0 Å². The zero-order valence-electron chi connectivity index (χ0n) is 12.2. The van der Waals surface area contributed by atoms with Crippen LogP contribution < -0.4 is 5.32 Å². The minimum atomic E-state index is 0.186. The zero-order valence-corrected chi connectivity index (χ0v) is 13.8. The fourth-order valence-electron chi connectivity index (χ4n) is 2.93. The predicted octanol–water partition coefficient (Wildman–Crippen LogP) is 3.86. The molecule has 2 rings (SSSR count). The molecule has 1 saturated carbocycles. The molecule has 0 heterocycles. The van der Waals surface area contributed by atoms with E-state index < -0.39 is 0 Å². The van der Waals surface area contributed by atoms with Crippen molar-refractivity contribution in [3.8, 4) is 0 Å². The molecule has 110 valence electrons. The molecule has 1 aliphatic rings. The molecule has 0 aromatic heterocycles. The summed E-state index contributed by atoms with van der Waals surface area (Å²) in [5.41, 5.74) is 2.50. The Balaban J connectivity index is 1.69. The highest BCUT2D eigenvalue weighted by Crippen LogP contribution is 2.32. The molecule has 0 spiro atoms. The molecule has 0 radical (unpaired) electrons. The van der Waals surface area contributed by atoms with E-state index in [2.05, 4.69) is 52.4 Å². The molecular weight excluding hydrogens is 314 g/mol. The van der Waals surface area contributed by atoms with Gasteiger partial charge in [-0.05, 0) is 43.6 Å². The third-order valence-electron chi connectivity index (χ3n) is 4.34. The van der Waals surface area contributed by atoms with Gasteiger partial charge in [0.15, 0.2) is 0 Å². The maximum Gasteiger partial charge on any atom is 0.220 e. The summed E-state index contributed by atoms with van der Waals surface area (Å²) in [5.74, 6) is 1.59. The third-order valence-corrected chi connectivity index (χ3v) is 5.17. The standard InChI is InChI=1S/C17H24BrNO/c1-13-5-7-14(8-6-13)9-10-17(20)19-12-16-4-2-3-15(16)11-18/h5-8,15-16H,2-4,9-12H2,1H3,(H,19,20). The number of carbonyl (C=O) groups excluding carboxylic acids is 1. The average molecular weight is 338 g/mol. The summed E-state index contributed by atoms with van der Waals surface area (Å²) in [6, 6.07) is 8.43. The molecule has 2 unspecified atom stereocenters. The normalized spacial score (nSPS) is 21.9. The molecule has 1 aliphatic carbocycles. The lowest BCUT2D eigenvalue weighted by atomic mass is 9.98. The first-order valence-corrected chi connectivity index (χ1v) is 8.69. The summed E-state index contributed by atoms with van der Waals surface area (Å²) in [5, 5.41) is 4.18. The van der Waals surface area contributed by atoms with Crippen molar-refractivity contribution in [1.82, 2.24) is 5.32 Å². The van der Waals surface area contributed by atoms with Gasteiger partial charge in [-0.25, -0.2) is 0 Å². The van der Waals surface area contributed by atoms with Gasteiger partial charge in [-0.15, -0.1) is 0 Å². The number of carbonyl (C=O) groups is 1. The lowest BCUT2D eigenvalue weighted by molar-refractivity contribution is -0.121. The molecule has 3 heteroatoms. The lowest BCUT2D eigenvalue weighted by Crippen LogP contribution is -2.31. The Morgan fingerprint density at radius 3 is 2.65 bits per heavy atom. The molecule has 2 atom stereocenters. The SMILES string of the molecule is Cc1ccc(CCC(=O)NCC2CCCC2CBr)cc1. The van der Waals surface area contributed by atoms with Gasteiger partial charge in [0.1, 0.15) is 0 Å². The van der Waals surface area contributed by atoms with Gasteiger partial charge in [0, 0.05) is 18.3 Å². The van der Waals surface area contributed by atoms with Crippen molar-refractivity contribution in [2.75, 3.05) is 11.9 Å². The summed E-state index contributed by atoms with van der Waals surface area (Å²) in [7, 11) is 0. The van der Waals surface area contributed by atoms with E-state index in [9.17, 15) is 4.79 Å². The molecule has 1 N–H and O–H groups in total. The van der Waals surface area contributed by atoms with Gasteiger partial charge >= 0.3 is 0 Å². The van der Waals surface area contributed by atoms with E-state index in [0.717, 1.165) is 24.2 Å². The number of halogens is 1. The van der Waals surface area contributed by atoms with E-state index in [-0.39, 0.29) is 5.91 Å². The van der Waals surface area contributed by atoms with Crippen LogP contribution in [0.2, 0.25) is 0 Å². The molecule has 1 amide bonds. The second-order valence-corrected chi connectivity index (χ2v) is 6.54. The van der Waals surface area contributed by atoms with Crippen LogP contribution in [-0.2, 0) is 11.2 Å². The lowest BCUT2D eigenvalue weighted by Gasteiger charge is -2.17. The van der Waals surface area contributed by atoms with Crippen molar-refractivity contribution in [1.29, 1.82) is 0 Å². The van der Waals surface area contributed by atoms with E-state index in [0.29, 0.717) is 12.3 Å². The second-order valence-electron chi connectivity index (χ2n) is 5.90. The van der Waals surface area contributed by atoms with Crippen LogP contribution in [0.5, 0.6) is 0 Å². The average Bonchev–Trinajstić information content (AvgIpc) is 2.92. The number of amides is 1. The Labute approximate surface area is 130 Å². The van der Waals surface area contributed by atoms with Crippen molar-refractivity contribution in [2.24, 2.45) is 11.8 Å². The minimum absolute atomic E-state index is 0.186. The summed E-state index contributed by atoms with van der Waals surface area (Å²) >= 11 is 3.58. The Hall–Kier alpha value is -0.830.